The van der Waals surface area contributed by atoms with E-state index in [0.29, 0.717) is 12.1 Å². The molecule has 0 bridgehead atoms. The monoisotopic (exact) mass is 211 g/mol. The minimum atomic E-state index is -0.540. The fourth-order valence-corrected chi connectivity index (χ4v) is 2.51. The number of hydrogen-bond acceptors (Lipinski definition) is 1. The fraction of sp³-hybridized carbons (Fsp3) is 0.500. The van der Waals surface area contributed by atoms with E-state index in [2.05, 4.69) is 13.8 Å². The molecule has 0 radical (unpaired) electrons. The van der Waals surface area contributed by atoms with Gasteiger partial charge in [0, 0.05) is 18.0 Å². The Morgan fingerprint density at radius 2 is 1.93 bits per heavy atom. The third-order valence-electron chi connectivity index (χ3n) is 3.71. The van der Waals surface area contributed by atoms with Gasteiger partial charge < -0.3 is 5.73 Å². The maximum Gasteiger partial charge on any atom is 0.129 e. The average Bonchev–Trinajstić information content (AvgIpc) is 2.69. The molecule has 1 aliphatic rings. The van der Waals surface area contributed by atoms with Gasteiger partial charge in [-0.05, 0) is 23.5 Å². The Morgan fingerprint density at radius 3 is 2.33 bits per heavy atom. The molecule has 0 saturated heterocycles. The van der Waals surface area contributed by atoms with E-state index >= 15 is 0 Å². The Bertz CT molecular complexity index is 401. The molecule has 0 spiro atoms. The van der Waals surface area contributed by atoms with Crippen LogP contribution in [0.4, 0.5) is 8.78 Å². The van der Waals surface area contributed by atoms with Crippen molar-refractivity contribution in [3.05, 3.63) is 35.4 Å². The molecule has 0 aromatic heterocycles. The van der Waals surface area contributed by atoms with E-state index in [-0.39, 0.29) is 10.8 Å². The summed E-state index contributed by atoms with van der Waals surface area (Å²) in [5, 5.41) is 0. The molecule has 1 aromatic carbocycles. The molecule has 1 nitrogen and oxygen atoms in total. The van der Waals surface area contributed by atoms with Crippen LogP contribution in [0.25, 0.3) is 0 Å². The third-order valence-corrected chi connectivity index (χ3v) is 3.71. The van der Waals surface area contributed by atoms with Crippen LogP contribution in [0.5, 0.6) is 0 Å². The zero-order chi connectivity index (χ0) is 11.3. The summed E-state index contributed by atoms with van der Waals surface area (Å²) in [7, 11) is 0. The van der Waals surface area contributed by atoms with Gasteiger partial charge in [-0.2, -0.15) is 0 Å². The summed E-state index contributed by atoms with van der Waals surface area (Å²) in [6.07, 6.45) is 0.860. The van der Waals surface area contributed by atoms with Crippen molar-refractivity contribution in [2.24, 2.45) is 11.1 Å². The first-order valence-corrected chi connectivity index (χ1v) is 5.08. The maximum atomic E-state index is 13.6. The van der Waals surface area contributed by atoms with Gasteiger partial charge in [-0.15, -0.1) is 0 Å². The zero-order valence-corrected chi connectivity index (χ0v) is 8.98. The lowest BCUT2D eigenvalue weighted by Crippen LogP contribution is -2.26. The zero-order valence-electron chi connectivity index (χ0n) is 8.98. The molecule has 2 rings (SSSR count). The van der Waals surface area contributed by atoms with Crippen molar-refractivity contribution < 1.29 is 8.78 Å². The third kappa shape index (κ3) is 1.37. The smallest absolute Gasteiger partial charge is 0.129 e. The van der Waals surface area contributed by atoms with Gasteiger partial charge in [0.2, 0.25) is 0 Å². The van der Waals surface area contributed by atoms with E-state index in [1.807, 2.05) is 0 Å². The second-order valence-electron chi connectivity index (χ2n) is 4.97. The van der Waals surface area contributed by atoms with Crippen molar-refractivity contribution >= 4 is 0 Å². The van der Waals surface area contributed by atoms with Crippen LogP contribution in [0.1, 0.15) is 25.8 Å². The molecule has 3 heteroatoms. The second kappa shape index (κ2) is 3.01. The Labute approximate surface area is 88.3 Å². The summed E-state index contributed by atoms with van der Waals surface area (Å²) in [4.78, 5) is 0. The Balaban J connectivity index is 2.46. The van der Waals surface area contributed by atoms with Crippen LogP contribution in [0, 0.1) is 17.0 Å². The van der Waals surface area contributed by atoms with Crippen LogP contribution in [0.15, 0.2) is 18.2 Å². The number of nitrogens with two attached hydrogens (primary N) is 1. The van der Waals surface area contributed by atoms with E-state index in [9.17, 15) is 8.78 Å². The Morgan fingerprint density at radius 1 is 1.33 bits per heavy atom. The van der Waals surface area contributed by atoms with Crippen LogP contribution in [0.2, 0.25) is 0 Å². The molecule has 2 N–H and O–H groups in total. The van der Waals surface area contributed by atoms with E-state index in [1.165, 1.54) is 12.1 Å². The highest BCUT2D eigenvalue weighted by atomic mass is 19.1. The quantitative estimate of drug-likeness (QED) is 0.799. The van der Waals surface area contributed by atoms with Gasteiger partial charge in [-0.25, -0.2) is 8.78 Å². The van der Waals surface area contributed by atoms with E-state index in [1.54, 1.807) is 0 Å². The number of rotatable bonds is 2. The molecule has 1 atom stereocenters. The van der Waals surface area contributed by atoms with Crippen molar-refractivity contribution in [2.45, 2.75) is 25.7 Å². The highest BCUT2D eigenvalue weighted by Gasteiger charge is 2.61. The van der Waals surface area contributed by atoms with Crippen LogP contribution >= 0.6 is 0 Å². The molecular weight excluding hydrogens is 196 g/mol. The lowest BCUT2D eigenvalue weighted by Gasteiger charge is -2.19. The second-order valence-corrected chi connectivity index (χ2v) is 4.97. The lowest BCUT2D eigenvalue weighted by molar-refractivity contribution is 0.473. The highest BCUT2D eigenvalue weighted by molar-refractivity contribution is 5.38. The van der Waals surface area contributed by atoms with Gasteiger partial charge >= 0.3 is 0 Å². The van der Waals surface area contributed by atoms with Gasteiger partial charge in [0.05, 0.1) is 0 Å². The molecule has 1 aliphatic carbocycles. The summed E-state index contributed by atoms with van der Waals surface area (Å²) in [5.74, 6) is -1.02. The minimum Gasteiger partial charge on any atom is -0.330 e. The molecule has 0 heterocycles. The molecule has 1 fully saturated rings. The normalized spacial score (nSPS) is 27.8. The van der Waals surface area contributed by atoms with E-state index in [4.69, 9.17) is 5.73 Å². The fourth-order valence-electron chi connectivity index (χ4n) is 2.51. The number of hydrogen-bond donors (Lipinski definition) is 1. The topological polar surface area (TPSA) is 26.0 Å². The van der Waals surface area contributed by atoms with Crippen LogP contribution < -0.4 is 5.73 Å². The summed E-state index contributed by atoms with van der Waals surface area (Å²) < 4.78 is 26.4. The van der Waals surface area contributed by atoms with Gasteiger partial charge in [-0.3, -0.25) is 0 Å². The van der Waals surface area contributed by atoms with Crippen molar-refractivity contribution in [1.82, 2.24) is 0 Å². The van der Waals surface area contributed by atoms with Crippen molar-refractivity contribution in [2.75, 3.05) is 6.54 Å². The number of halogens is 2. The first kappa shape index (κ1) is 10.6. The molecule has 15 heavy (non-hydrogen) atoms. The summed E-state index contributed by atoms with van der Waals surface area (Å²) in [6.45, 7) is 4.52. The summed E-state index contributed by atoms with van der Waals surface area (Å²) in [5.41, 5.74) is 5.99. The summed E-state index contributed by atoms with van der Waals surface area (Å²) in [6, 6.07) is 3.75. The SMILES string of the molecule is CC1(C)CC1(CN)c1ccc(F)cc1F. The maximum absolute atomic E-state index is 13.6. The molecule has 1 aromatic rings. The summed E-state index contributed by atoms with van der Waals surface area (Å²) >= 11 is 0. The first-order valence-electron chi connectivity index (χ1n) is 5.08. The van der Waals surface area contributed by atoms with Gasteiger partial charge in [0.25, 0.3) is 0 Å². The first-order chi connectivity index (χ1) is 6.93. The molecular formula is C12H15F2N. The standard InChI is InChI=1S/C12H15F2N/c1-11(2)6-12(11,7-15)9-4-3-8(13)5-10(9)14/h3-5H,6-7,15H2,1-2H3. The number of benzene rings is 1. The Hall–Kier alpha value is -0.960. The molecule has 0 amide bonds. The lowest BCUT2D eigenvalue weighted by atomic mass is 9.87. The van der Waals surface area contributed by atoms with Gasteiger partial charge in [0.1, 0.15) is 11.6 Å². The van der Waals surface area contributed by atoms with Crippen molar-refractivity contribution in [3.63, 3.8) is 0 Å². The molecule has 0 aliphatic heterocycles. The van der Waals surface area contributed by atoms with Crippen LogP contribution in [0.3, 0.4) is 0 Å². The predicted octanol–water partition coefficient (Wildman–Crippen LogP) is 2.59. The van der Waals surface area contributed by atoms with Gasteiger partial charge in [-0.1, -0.05) is 19.9 Å². The van der Waals surface area contributed by atoms with Crippen molar-refractivity contribution in [3.8, 4) is 0 Å². The molecule has 1 saturated carbocycles. The average molecular weight is 211 g/mol. The van der Waals surface area contributed by atoms with Crippen LogP contribution in [-0.4, -0.2) is 6.54 Å². The van der Waals surface area contributed by atoms with Crippen LogP contribution in [-0.2, 0) is 5.41 Å². The van der Waals surface area contributed by atoms with Crippen molar-refractivity contribution in [1.29, 1.82) is 0 Å². The van der Waals surface area contributed by atoms with E-state index < -0.39 is 11.6 Å². The Kier molecular flexibility index (Phi) is 2.12. The highest BCUT2D eigenvalue weighted by Crippen LogP contribution is 2.63. The minimum absolute atomic E-state index is 0.0143. The molecule has 1 unspecified atom stereocenters. The predicted molar refractivity (Wildman–Crippen MR) is 55.5 cm³/mol. The van der Waals surface area contributed by atoms with Gasteiger partial charge in [0.15, 0.2) is 0 Å². The van der Waals surface area contributed by atoms with E-state index in [0.717, 1.165) is 12.5 Å². The largest absolute Gasteiger partial charge is 0.330 e. The molecule has 82 valence electrons.